The molecule has 0 bridgehead atoms. The molecule has 1 unspecified atom stereocenters. The van der Waals surface area contributed by atoms with Crippen LogP contribution in [0.2, 0.25) is 0 Å². The van der Waals surface area contributed by atoms with Crippen molar-refractivity contribution in [3.05, 3.63) is 16.6 Å². The molecule has 1 aliphatic rings. The van der Waals surface area contributed by atoms with Crippen LogP contribution in [0.1, 0.15) is 17.7 Å². The topological polar surface area (TPSA) is 54.0 Å². The smallest absolute Gasteiger partial charge is 0.220 e. The van der Waals surface area contributed by atoms with Gasteiger partial charge in [-0.3, -0.25) is 9.78 Å². The highest BCUT2D eigenvalue weighted by atomic mass is 32.1. The number of thiazole rings is 1. The number of hydrogen-bond acceptors (Lipinski definition) is 4. The molecule has 1 atom stereocenters. The van der Waals surface area contributed by atoms with Gasteiger partial charge in [0, 0.05) is 36.6 Å². The van der Waals surface area contributed by atoms with E-state index in [4.69, 9.17) is 0 Å². The summed E-state index contributed by atoms with van der Waals surface area (Å²) in [6.45, 7) is 1.60. The van der Waals surface area contributed by atoms with Crippen LogP contribution in [0.5, 0.6) is 0 Å². The number of carbonyl (C=O) groups is 1. The van der Waals surface area contributed by atoms with Gasteiger partial charge in [-0.05, 0) is 6.42 Å². The van der Waals surface area contributed by atoms with Crippen molar-refractivity contribution >= 4 is 17.2 Å². The maximum Gasteiger partial charge on any atom is 0.220 e. The van der Waals surface area contributed by atoms with Crippen molar-refractivity contribution in [2.24, 2.45) is 0 Å². The van der Waals surface area contributed by atoms with Crippen molar-refractivity contribution in [2.75, 3.05) is 6.54 Å². The summed E-state index contributed by atoms with van der Waals surface area (Å²) in [7, 11) is 0. The fraction of sp³-hybridized carbons (Fsp3) is 0.556. The van der Waals surface area contributed by atoms with E-state index in [-0.39, 0.29) is 5.91 Å². The van der Waals surface area contributed by atoms with Gasteiger partial charge < -0.3 is 10.6 Å². The van der Waals surface area contributed by atoms with Gasteiger partial charge in [0.1, 0.15) is 0 Å². The summed E-state index contributed by atoms with van der Waals surface area (Å²) in [5.74, 6) is 0.167. The fourth-order valence-corrected chi connectivity index (χ4v) is 2.03. The van der Waals surface area contributed by atoms with Crippen LogP contribution in [0.15, 0.2) is 11.7 Å². The minimum absolute atomic E-state index is 0.167. The molecule has 0 spiro atoms. The summed E-state index contributed by atoms with van der Waals surface area (Å²) >= 11 is 1.65. The van der Waals surface area contributed by atoms with E-state index in [1.807, 2.05) is 11.7 Å². The molecule has 14 heavy (non-hydrogen) atoms. The largest absolute Gasteiger partial charge is 0.355 e. The Kier molecular flexibility index (Phi) is 3.10. The lowest BCUT2D eigenvalue weighted by Gasteiger charge is -2.23. The zero-order chi connectivity index (χ0) is 9.80. The first-order chi connectivity index (χ1) is 6.84. The molecular formula is C9H13N3OS. The van der Waals surface area contributed by atoms with E-state index >= 15 is 0 Å². The summed E-state index contributed by atoms with van der Waals surface area (Å²) in [6, 6.07) is 0.412. The van der Waals surface area contributed by atoms with E-state index in [1.165, 1.54) is 4.88 Å². The Hall–Kier alpha value is -0.940. The van der Waals surface area contributed by atoms with Gasteiger partial charge in [-0.25, -0.2) is 0 Å². The first-order valence-corrected chi connectivity index (χ1v) is 5.60. The van der Waals surface area contributed by atoms with Crippen LogP contribution in [-0.2, 0) is 11.3 Å². The number of rotatable bonds is 3. The van der Waals surface area contributed by atoms with Crippen molar-refractivity contribution in [1.82, 2.24) is 15.6 Å². The first-order valence-electron chi connectivity index (χ1n) is 4.72. The highest BCUT2D eigenvalue weighted by Crippen LogP contribution is 2.07. The molecule has 0 radical (unpaired) electrons. The highest BCUT2D eigenvalue weighted by Gasteiger charge is 2.16. The quantitative estimate of drug-likeness (QED) is 0.766. The Morgan fingerprint density at radius 2 is 2.64 bits per heavy atom. The van der Waals surface area contributed by atoms with E-state index < -0.39 is 0 Å². The van der Waals surface area contributed by atoms with E-state index in [9.17, 15) is 4.79 Å². The molecule has 1 amide bonds. The van der Waals surface area contributed by atoms with Crippen molar-refractivity contribution in [1.29, 1.82) is 0 Å². The van der Waals surface area contributed by atoms with Gasteiger partial charge in [0.2, 0.25) is 5.91 Å². The molecule has 76 valence electrons. The molecule has 0 aromatic carbocycles. The molecule has 1 saturated heterocycles. The minimum atomic E-state index is 0.167. The highest BCUT2D eigenvalue weighted by molar-refractivity contribution is 7.09. The van der Waals surface area contributed by atoms with Gasteiger partial charge in [0.05, 0.1) is 5.51 Å². The average Bonchev–Trinajstić information content (AvgIpc) is 2.70. The normalized spacial score (nSPS) is 22.0. The van der Waals surface area contributed by atoms with Crippen molar-refractivity contribution < 1.29 is 4.79 Å². The van der Waals surface area contributed by atoms with Crippen molar-refractivity contribution in [3.8, 4) is 0 Å². The van der Waals surface area contributed by atoms with Crippen LogP contribution in [0, 0.1) is 0 Å². The second-order valence-corrected chi connectivity index (χ2v) is 4.36. The third kappa shape index (κ3) is 2.52. The van der Waals surface area contributed by atoms with Crippen LogP contribution in [-0.4, -0.2) is 23.5 Å². The predicted molar refractivity (Wildman–Crippen MR) is 55.0 cm³/mol. The van der Waals surface area contributed by atoms with Gasteiger partial charge >= 0.3 is 0 Å². The molecule has 4 nitrogen and oxygen atoms in total. The molecule has 2 heterocycles. The molecule has 2 rings (SSSR count). The monoisotopic (exact) mass is 211 g/mol. The van der Waals surface area contributed by atoms with Crippen molar-refractivity contribution in [2.45, 2.75) is 25.4 Å². The standard InChI is InChI=1S/C9H13N3OS/c13-9-2-1-7(3-12-9)11-5-8-4-10-6-14-8/h4,6-7,11H,1-3,5H2,(H,12,13). The zero-order valence-corrected chi connectivity index (χ0v) is 8.64. The number of nitrogens with one attached hydrogen (secondary N) is 2. The molecule has 1 aromatic heterocycles. The third-order valence-corrected chi connectivity index (χ3v) is 3.09. The second-order valence-electron chi connectivity index (χ2n) is 3.39. The van der Waals surface area contributed by atoms with Gasteiger partial charge in [0.15, 0.2) is 0 Å². The van der Waals surface area contributed by atoms with Crippen LogP contribution < -0.4 is 10.6 Å². The number of carbonyl (C=O) groups excluding carboxylic acids is 1. The van der Waals surface area contributed by atoms with Crippen LogP contribution >= 0.6 is 11.3 Å². The van der Waals surface area contributed by atoms with E-state index in [1.54, 1.807) is 11.3 Å². The van der Waals surface area contributed by atoms with Crippen LogP contribution in [0.4, 0.5) is 0 Å². The summed E-state index contributed by atoms with van der Waals surface area (Å²) in [6.07, 6.45) is 3.45. The van der Waals surface area contributed by atoms with Gasteiger partial charge in [-0.1, -0.05) is 0 Å². The number of hydrogen-bond donors (Lipinski definition) is 2. The van der Waals surface area contributed by atoms with E-state index in [2.05, 4.69) is 15.6 Å². The van der Waals surface area contributed by atoms with E-state index in [0.717, 1.165) is 19.5 Å². The van der Waals surface area contributed by atoms with Gasteiger partial charge in [-0.15, -0.1) is 11.3 Å². The summed E-state index contributed by atoms with van der Waals surface area (Å²) in [4.78, 5) is 16.1. The Morgan fingerprint density at radius 3 is 3.29 bits per heavy atom. The summed E-state index contributed by atoms with van der Waals surface area (Å²) in [5.41, 5.74) is 1.83. The maximum atomic E-state index is 10.9. The fourth-order valence-electron chi connectivity index (χ4n) is 1.48. The second kappa shape index (κ2) is 4.52. The molecule has 5 heteroatoms. The summed E-state index contributed by atoms with van der Waals surface area (Å²) in [5, 5.41) is 6.25. The average molecular weight is 211 g/mol. The van der Waals surface area contributed by atoms with E-state index in [0.29, 0.717) is 12.5 Å². The molecular weight excluding hydrogens is 198 g/mol. The Balaban J connectivity index is 1.73. The van der Waals surface area contributed by atoms with Crippen LogP contribution in [0.25, 0.3) is 0 Å². The molecule has 1 aliphatic heterocycles. The minimum Gasteiger partial charge on any atom is -0.355 e. The number of piperidine rings is 1. The lowest BCUT2D eigenvalue weighted by Crippen LogP contribution is -2.45. The van der Waals surface area contributed by atoms with Crippen LogP contribution in [0.3, 0.4) is 0 Å². The molecule has 2 N–H and O–H groups in total. The van der Waals surface area contributed by atoms with Gasteiger partial charge in [0.25, 0.3) is 0 Å². The Bertz CT molecular complexity index is 289. The number of aromatic nitrogens is 1. The number of amides is 1. The first kappa shape index (κ1) is 9.61. The maximum absolute atomic E-state index is 10.9. The SMILES string of the molecule is O=C1CCC(NCc2cncs2)CN1. The summed E-state index contributed by atoms with van der Waals surface area (Å²) < 4.78 is 0. The molecule has 0 saturated carbocycles. The molecule has 0 aliphatic carbocycles. The Morgan fingerprint density at radius 1 is 1.71 bits per heavy atom. The molecule has 1 fully saturated rings. The lowest BCUT2D eigenvalue weighted by atomic mass is 10.1. The number of nitrogens with zero attached hydrogens (tertiary/aromatic N) is 1. The predicted octanol–water partition coefficient (Wildman–Crippen LogP) is 0.511. The van der Waals surface area contributed by atoms with Gasteiger partial charge in [-0.2, -0.15) is 0 Å². The lowest BCUT2D eigenvalue weighted by molar-refractivity contribution is -0.122. The van der Waals surface area contributed by atoms with Crippen molar-refractivity contribution in [3.63, 3.8) is 0 Å². The third-order valence-electron chi connectivity index (χ3n) is 2.31. The zero-order valence-electron chi connectivity index (χ0n) is 7.82. The Labute approximate surface area is 86.7 Å². The molecule has 1 aromatic rings.